The summed E-state index contributed by atoms with van der Waals surface area (Å²) >= 11 is 0. The summed E-state index contributed by atoms with van der Waals surface area (Å²) in [6, 6.07) is 12.7. The molecule has 31 heavy (non-hydrogen) atoms. The predicted molar refractivity (Wildman–Crippen MR) is 109 cm³/mol. The summed E-state index contributed by atoms with van der Waals surface area (Å²) in [6.45, 7) is 3.42. The minimum Gasteiger partial charge on any atom is -0.363 e. The van der Waals surface area contributed by atoms with Gasteiger partial charge in [-0.05, 0) is 37.0 Å². The van der Waals surface area contributed by atoms with E-state index in [9.17, 15) is 18.0 Å². The number of benzene rings is 1. The molecule has 4 rings (SSSR count). The van der Waals surface area contributed by atoms with Crippen LogP contribution in [0.15, 0.2) is 48.7 Å². The predicted octanol–water partition coefficient (Wildman–Crippen LogP) is 3.54. The Morgan fingerprint density at radius 3 is 2.45 bits per heavy atom. The van der Waals surface area contributed by atoms with Crippen LogP contribution in [0.4, 0.5) is 13.2 Å². The zero-order valence-electron chi connectivity index (χ0n) is 17.3. The Morgan fingerprint density at radius 2 is 1.81 bits per heavy atom. The number of aromatic nitrogens is 1. The summed E-state index contributed by atoms with van der Waals surface area (Å²) in [5.41, 5.74) is 0.586. The highest BCUT2D eigenvalue weighted by atomic mass is 19.4. The molecule has 2 aromatic rings. The maximum atomic E-state index is 12.7. The minimum atomic E-state index is -4.42. The third kappa shape index (κ3) is 5.43. The van der Waals surface area contributed by atoms with Gasteiger partial charge in [-0.2, -0.15) is 13.2 Å². The lowest BCUT2D eigenvalue weighted by atomic mass is 9.89. The number of likely N-dealkylation sites (tertiary alicyclic amines) is 1. The lowest BCUT2D eigenvalue weighted by molar-refractivity contribution is -0.172. The number of amides is 1. The standard InChI is InChI=1S/C23H26F3N3O2/c24-23(25,26)19-6-7-20(27-14-19)15-29-17-22(31-16-21(29)30)9-12-28(13-10-22)11-8-18-4-2-1-3-5-18/h1-7,14H,8-13,15-17H2. The van der Waals surface area contributed by atoms with Crippen LogP contribution in [0.1, 0.15) is 29.7 Å². The number of alkyl halides is 3. The molecule has 1 aromatic carbocycles. The fourth-order valence-electron chi connectivity index (χ4n) is 4.23. The van der Waals surface area contributed by atoms with E-state index in [0.29, 0.717) is 12.2 Å². The molecule has 0 saturated carbocycles. The van der Waals surface area contributed by atoms with E-state index in [4.69, 9.17) is 4.74 Å². The molecular formula is C23H26F3N3O2. The third-order valence-corrected chi connectivity index (χ3v) is 6.17. The van der Waals surface area contributed by atoms with E-state index in [1.165, 1.54) is 11.6 Å². The second-order valence-electron chi connectivity index (χ2n) is 8.33. The molecule has 5 nitrogen and oxygen atoms in total. The van der Waals surface area contributed by atoms with Crippen LogP contribution in [-0.2, 0) is 28.7 Å². The number of carbonyl (C=O) groups excluding carboxylic acids is 1. The van der Waals surface area contributed by atoms with Crippen molar-refractivity contribution in [2.24, 2.45) is 0 Å². The highest BCUT2D eigenvalue weighted by Crippen LogP contribution is 2.32. The number of nitrogens with zero attached hydrogens (tertiary/aromatic N) is 3. The number of hydrogen-bond donors (Lipinski definition) is 0. The van der Waals surface area contributed by atoms with E-state index in [1.807, 2.05) is 18.2 Å². The Hall–Kier alpha value is -2.45. The molecule has 0 bridgehead atoms. The highest BCUT2D eigenvalue weighted by Gasteiger charge is 2.42. The van der Waals surface area contributed by atoms with Crippen molar-refractivity contribution >= 4 is 5.91 Å². The maximum Gasteiger partial charge on any atom is 0.417 e. The summed E-state index contributed by atoms with van der Waals surface area (Å²) in [5.74, 6) is -0.154. The molecule has 166 valence electrons. The first-order valence-corrected chi connectivity index (χ1v) is 10.5. The first-order valence-electron chi connectivity index (χ1n) is 10.5. The Balaban J connectivity index is 1.32. The van der Waals surface area contributed by atoms with E-state index in [1.54, 1.807) is 4.90 Å². The van der Waals surface area contributed by atoms with E-state index in [0.717, 1.165) is 51.2 Å². The van der Waals surface area contributed by atoms with Gasteiger partial charge in [-0.3, -0.25) is 9.78 Å². The number of pyridine rings is 1. The average molecular weight is 433 g/mol. The van der Waals surface area contributed by atoms with Crippen molar-refractivity contribution in [3.05, 3.63) is 65.5 Å². The molecule has 0 unspecified atom stereocenters. The fraction of sp³-hybridized carbons (Fsp3) is 0.478. The zero-order valence-corrected chi connectivity index (χ0v) is 17.3. The molecule has 1 spiro atoms. The van der Waals surface area contributed by atoms with E-state index in [-0.39, 0.29) is 24.7 Å². The van der Waals surface area contributed by atoms with Crippen molar-refractivity contribution in [3.63, 3.8) is 0 Å². The summed E-state index contributed by atoms with van der Waals surface area (Å²) in [4.78, 5) is 20.3. The molecule has 0 atom stereocenters. The molecule has 0 N–H and O–H groups in total. The highest BCUT2D eigenvalue weighted by molar-refractivity contribution is 5.78. The summed E-state index contributed by atoms with van der Waals surface area (Å²) in [6.07, 6.45) is -0.947. The zero-order chi connectivity index (χ0) is 21.9. The molecule has 1 aromatic heterocycles. The Kier molecular flexibility index (Phi) is 6.29. The molecular weight excluding hydrogens is 407 g/mol. The van der Waals surface area contributed by atoms with Crippen molar-refractivity contribution in [1.82, 2.24) is 14.8 Å². The van der Waals surface area contributed by atoms with Crippen LogP contribution >= 0.6 is 0 Å². The average Bonchev–Trinajstić information content (AvgIpc) is 2.77. The van der Waals surface area contributed by atoms with Gasteiger partial charge in [0.1, 0.15) is 6.61 Å². The Morgan fingerprint density at radius 1 is 1.06 bits per heavy atom. The van der Waals surface area contributed by atoms with Crippen molar-refractivity contribution in [1.29, 1.82) is 0 Å². The van der Waals surface area contributed by atoms with Gasteiger partial charge in [0, 0.05) is 25.8 Å². The first-order chi connectivity index (χ1) is 14.8. The molecule has 2 aliphatic rings. The largest absolute Gasteiger partial charge is 0.417 e. The number of piperidine rings is 1. The van der Waals surface area contributed by atoms with Gasteiger partial charge in [-0.15, -0.1) is 0 Å². The van der Waals surface area contributed by atoms with Crippen LogP contribution in [0.5, 0.6) is 0 Å². The van der Waals surface area contributed by atoms with Crippen LogP contribution in [0.25, 0.3) is 0 Å². The number of ether oxygens (including phenoxy) is 1. The van der Waals surface area contributed by atoms with Gasteiger partial charge >= 0.3 is 6.18 Å². The third-order valence-electron chi connectivity index (χ3n) is 6.17. The van der Waals surface area contributed by atoms with Crippen molar-refractivity contribution in [2.45, 2.75) is 37.6 Å². The Bertz CT molecular complexity index is 879. The van der Waals surface area contributed by atoms with Gasteiger partial charge in [0.05, 0.1) is 29.9 Å². The van der Waals surface area contributed by atoms with Crippen molar-refractivity contribution in [2.75, 3.05) is 32.8 Å². The summed E-state index contributed by atoms with van der Waals surface area (Å²) in [5, 5.41) is 0. The van der Waals surface area contributed by atoms with Gasteiger partial charge in [0.25, 0.3) is 0 Å². The topological polar surface area (TPSA) is 45.7 Å². The monoisotopic (exact) mass is 433 g/mol. The van der Waals surface area contributed by atoms with Crippen LogP contribution in [0.2, 0.25) is 0 Å². The molecule has 0 aliphatic carbocycles. The number of morpholine rings is 1. The lowest BCUT2D eigenvalue weighted by Gasteiger charge is -2.47. The Labute approximate surface area is 179 Å². The lowest BCUT2D eigenvalue weighted by Crippen LogP contribution is -2.58. The van der Waals surface area contributed by atoms with Crippen LogP contribution in [0.3, 0.4) is 0 Å². The number of hydrogen-bond acceptors (Lipinski definition) is 4. The smallest absolute Gasteiger partial charge is 0.363 e. The van der Waals surface area contributed by atoms with E-state index < -0.39 is 11.7 Å². The molecule has 2 fully saturated rings. The van der Waals surface area contributed by atoms with Gasteiger partial charge in [-0.25, -0.2) is 0 Å². The molecule has 2 saturated heterocycles. The molecule has 0 radical (unpaired) electrons. The van der Waals surface area contributed by atoms with Gasteiger partial charge in [0.2, 0.25) is 5.91 Å². The van der Waals surface area contributed by atoms with E-state index in [2.05, 4.69) is 22.0 Å². The van der Waals surface area contributed by atoms with Gasteiger partial charge < -0.3 is 14.5 Å². The molecule has 1 amide bonds. The summed E-state index contributed by atoms with van der Waals surface area (Å²) in [7, 11) is 0. The number of carbonyl (C=O) groups is 1. The minimum absolute atomic E-state index is 0.00461. The van der Waals surface area contributed by atoms with Gasteiger partial charge in [-0.1, -0.05) is 30.3 Å². The SMILES string of the molecule is O=C1COC2(CCN(CCc3ccccc3)CC2)CN1Cc1ccc(C(F)(F)F)cn1. The summed E-state index contributed by atoms with van der Waals surface area (Å²) < 4.78 is 44.2. The second kappa shape index (κ2) is 8.96. The molecule has 3 heterocycles. The van der Waals surface area contributed by atoms with Crippen molar-refractivity contribution in [3.8, 4) is 0 Å². The quantitative estimate of drug-likeness (QED) is 0.724. The molecule has 2 aliphatic heterocycles. The van der Waals surface area contributed by atoms with Crippen molar-refractivity contribution < 1.29 is 22.7 Å². The molecule has 8 heteroatoms. The van der Waals surface area contributed by atoms with Gasteiger partial charge in [0.15, 0.2) is 0 Å². The van der Waals surface area contributed by atoms with Crippen LogP contribution < -0.4 is 0 Å². The number of halogens is 3. The second-order valence-corrected chi connectivity index (χ2v) is 8.33. The number of rotatable bonds is 5. The van der Waals surface area contributed by atoms with E-state index >= 15 is 0 Å². The van der Waals surface area contributed by atoms with Crippen LogP contribution in [0, 0.1) is 0 Å². The fourth-order valence-corrected chi connectivity index (χ4v) is 4.23. The maximum absolute atomic E-state index is 12.7. The normalized spacial score (nSPS) is 19.7. The van der Waals surface area contributed by atoms with Crippen LogP contribution in [-0.4, -0.2) is 59.1 Å². The first kappa shape index (κ1) is 21.8.